The number of carbonyl (C=O) groups is 3. The Balaban J connectivity index is 2.24. The average Bonchev–Trinajstić information content (AvgIpc) is 2.65. The minimum absolute atomic E-state index is 0.0500. The summed E-state index contributed by atoms with van der Waals surface area (Å²) in [7, 11) is 0. The van der Waals surface area contributed by atoms with Crippen LogP contribution < -0.4 is 4.90 Å². The molecule has 1 aromatic rings. The van der Waals surface area contributed by atoms with E-state index in [1.165, 1.54) is 11.8 Å². The Labute approximate surface area is 127 Å². The number of nitrogens with zero attached hydrogens (tertiary/aromatic N) is 1. The van der Waals surface area contributed by atoms with Crippen molar-refractivity contribution < 1.29 is 19.5 Å². The molecule has 1 saturated heterocycles. The lowest BCUT2D eigenvalue weighted by atomic mass is 10.1. The second kappa shape index (κ2) is 5.89. The molecule has 0 aliphatic carbocycles. The highest BCUT2D eigenvalue weighted by Gasteiger charge is 2.41. The van der Waals surface area contributed by atoms with Gasteiger partial charge in [-0.05, 0) is 32.4 Å². The van der Waals surface area contributed by atoms with Gasteiger partial charge in [0, 0.05) is 6.42 Å². The summed E-state index contributed by atoms with van der Waals surface area (Å²) in [6.07, 6.45) is 0.0500. The molecular formula is C15H17NO4S. The summed E-state index contributed by atoms with van der Waals surface area (Å²) in [5, 5.41) is 7.58. The van der Waals surface area contributed by atoms with Gasteiger partial charge >= 0.3 is 5.97 Å². The normalized spacial score (nSPS) is 20.0. The number of thioether (sulfide) groups is 1. The lowest BCUT2D eigenvalue weighted by molar-refractivity contribution is -0.136. The Morgan fingerprint density at radius 1 is 1.38 bits per heavy atom. The molecule has 1 heterocycles. The third kappa shape index (κ3) is 3.10. The van der Waals surface area contributed by atoms with Crippen LogP contribution in [-0.2, 0) is 14.4 Å². The molecule has 0 saturated carbocycles. The van der Waals surface area contributed by atoms with Gasteiger partial charge in [0.25, 0.3) is 0 Å². The molecule has 21 heavy (non-hydrogen) atoms. The molecule has 5 nitrogen and oxygen atoms in total. The van der Waals surface area contributed by atoms with Gasteiger partial charge in [0.2, 0.25) is 11.8 Å². The van der Waals surface area contributed by atoms with Gasteiger partial charge in [-0.15, -0.1) is 11.8 Å². The van der Waals surface area contributed by atoms with Crippen molar-refractivity contribution in [1.82, 2.24) is 0 Å². The summed E-state index contributed by atoms with van der Waals surface area (Å²) in [4.78, 5) is 36.6. The van der Waals surface area contributed by atoms with Crippen molar-refractivity contribution in [2.24, 2.45) is 0 Å². The van der Waals surface area contributed by atoms with Crippen molar-refractivity contribution >= 4 is 35.2 Å². The zero-order chi connectivity index (χ0) is 15.7. The van der Waals surface area contributed by atoms with E-state index in [2.05, 4.69) is 0 Å². The van der Waals surface area contributed by atoms with Gasteiger partial charge in [0.05, 0.1) is 10.9 Å². The Bertz CT molecular complexity index is 614. The molecule has 112 valence electrons. The van der Waals surface area contributed by atoms with E-state index in [1.54, 1.807) is 6.07 Å². The van der Waals surface area contributed by atoms with Crippen LogP contribution in [0, 0.1) is 13.8 Å². The van der Waals surface area contributed by atoms with E-state index in [1.807, 2.05) is 26.0 Å². The van der Waals surface area contributed by atoms with Crippen molar-refractivity contribution in [2.75, 3.05) is 4.90 Å². The van der Waals surface area contributed by atoms with Crippen molar-refractivity contribution in [3.05, 3.63) is 29.3 Å². The number of anilines is 1. The van der Waals surface area contributed by atoms with Gasteiger partial charge in [-0.1, -0.05) is 17.7 Å². The monoisotopic (exact) mass is 307 g/mol. The number of imide groups is 1. The first-order valence-electron chi connectivity index (χ1n) is 6.63. The molecular weight excluding hydrogens is 290 g/mol. The second-order valence-electron chi connectivity index (χ2n) is 5.17. The Kier molecular flexibility index (Phi) is 4.37. The van der Waals surface area contributed by atoms with Crippen molar-refractivity contribution in [2.45, 2.75) is 37.7 Å². The fraction of sp³-hybridized carbons (Fsp3) is 0.400. The summed E-state index contributed by atoms with van der Waals surface area (Å²) in [6, 6.07) is 5.52. The van der Waals surface area contributed by atoms with E-state index in [0.717, 1.165) is 22.9 Å². The van der Waals surface area contributed by atoms with Gasteiger partial charge in [-0.3, -0.25) is 14.4 Å². The van der Waals surface area contributed by atoms with Crippen LogP contribution in [0.2, 0.25) is 0 Å². The van der Waals surface area contributed by atoms with Crippen LogP contribution in [0.5, 0.6) is 0 Å². The van der Waals surface area contributed by atoms with E-state index in [0.29, 0.717) is 5.69 Å². The first-order chi connectivity index (χ1) is 9.81. The van der Waals surface area contributed by atoms with Crippen LogP contribution in [0.25, 0.3) is 0 Å². The number of hydrogen-bond donors (Lipinski definition) is 1. The summed E-state index contributed by atoms with van der Waals surface area (Å²) in [5.74, 6) is -1.59. The van der Waals surface area contributed by atoms with Crippen LogP contribution in [0.3, 0.4) is 0 Å². The van der Waals surface area contributed by atoms with Crippen molar-refractivity contribution in [3.8, 4) is 0 Å². The van der Waals surface area contributed by atoms with Gasteiger partial charge in [0.1, 0.15) is 5.25 Å². The first-order valence-corrected chi connectivity index (χ1v) is 7.58. The lowest BCUT2D eigenvalue weighted by Gasteiger charge is -2.18. The second-order valence-corrected chi connectivity index (χ2v) is 6.71. The highest BCUT2D eigenvalue weighted by atomic mass is 32.2. The standard InChI is InChI=1S/C15H17NO4S/c1-8-4-5-11(9(2)6-8)16-13(17)7-12(14(16)18)21-10(3)15(19)20/h4-6,10,12H,7H2,1-3H3,(H,19,20). The highest BCUT2D eigenvalue weighted by molar-refractivity contribution is 8.01. The number of aryl methyl sites for hydroxylation is 2. The fourth-order valence-electron chi connectivity index (χ4n) is 2.32. The SMILES string of the molecule is Cc1ccc(N2C(=O)CC(SC(C)C(=O)O)C2=O)c(C)c1. The minimum atomic E-state index is -0.981. The number of aliphatic carboxylic acids is 1. The number of amides is 2. The maximum absolute atomic E-state index is 12.4. The summed E-state index contributed by atoms with van der Waals surface area (Å²) in [6.45, 7) is 5.31. The topological polar surface area (TPSA) is 74.7 Å². The first kappa shape index (κ1) is 15.6. The number of carboxylic acids is 1. The average molecular weight is 307 g/mol. The number of rotatable bonds is 4. The molecule has 1 N–H and O–H groups in total. The number of carboxylic acid groups (broad SMARTS) is 1. The third-order valence-electron chi connectivity index (χ3n) is 3.41. The summed E-state index contributed by atoms with van der Waals surface area (Å²) < 4.78 is 0. The molecule has 2 unspecified atom stereocenters. The van der Waals surface area contributed by atoms with Gasteiger partial charge < -0.3 is 5.11 Å². The largest absolute Gasteiger partial charge is 0.480 e. The van der Waals surface area contributed by atoms with Crippen molar-refractivity contribution in [3.63, 3.8) is 0 Å². The summed E-state index contributed by atoms with van der Waals surface area (Å²) in [5.41, 5.74) is 2.50. The van der Waals surface area contributed by atoms with E-state index in [9.17, 15) is 14.4 Å². The fourth-order valence-corrected chi connectivity index (χ4v) is 3.39. The van der Waals surface area contributed by atoms with Crippen LogP contribution in [0.1, 0.15) is 24.5 Å². The quantitative estimate of drug-likeness (QED) is 0.863. The lowest BCUT2D eigenvalue weighted by Crippen LogP contribution is -2.32. The van der Waals surface area contributed by atoms with Crippen LogP contribution in [0.4, 0.5) is 5.69 Å². The predicted molar refractivity (Wildman–Crippen MR) is 81.5 cm³/mol. The van der Waals surface area contributed by atoms with Gasteiger partial charge in [-0.2, -0.15) is 0 Å². The van der Waals surface area contributed by atoms with Gasteiger partial charge in [-0.25, -0.2) is 4.90 Å². The van der Waals surface area contributed by atoms with E-state index >= 15 is 0 Å². The number of carbonyl (C=O) groups excluding carboxylic acids is 2. The molecule has 2 amide bonds. The zero-order valence-electron chi connectivity index (χ0n) is 12.1. The molecule has 1 aromatic carbocycles. The predicted octanol–water partition coefficient (Wildman–Crippen LogP) is 2.14. The Morgan fingerprint density at radius 3 is 2.62 bits per heavy atom. The number of benzene rings is 1. The molecule has 0 spiro atoms. The van der Waals surface area contributed by atoms with E-state index in [4.69, 9.17) is 5.11 Å². The minimum Gasteiger partial charge on any atom is -0.480 e. The molecule has 0 bridgehead atoms. The smallest absolute Gasteiger partial charge is 0.316 e. The van der Waals surface area contributed by atoms with Crippen LogP contribution in [-0.4, -0.2) is 33.4 Å². The molecule has 2 rings (SSSR count). The zero-order valence-corrected chi connectivity index (χ0v) is 12.9. The van der Waals surface area contributed by atoms with Gasteiger partial charge in [0.15, 0.2) is 0 Å². The Morgan fingerprint density at radius 2 is 2.05 bits per heavy atom. The maximum atomic E-state index is 12.4. The summed E-state index contributed by atoms with van der Waals surface area (Å²) >= 11 is 1.02. The van der Waals surface area contributed by atoms with Crippen LogP contribution >= 0.6 is 11.8 Å². The van der Waals surface area contributed by atoms with E-state index < -0.39 is 16.5 Å². The number of hydrogen-bond acceptors (Lipinski definition) is 4. The Hall–Kier alpha value is -1.82. The molecule has 1 fully saturated rings. The molecule has 1 aliphatic rings. The maximum Gasteiger partial charge on any atom is 0.316 e. The third-order valence-corrected chi connectivity index (χ3v) is 4.72. The molecule has 2 atom stereocenters. The molecule has 0 radical (unpaired) electrons. The van der Waals surface area contributed by atoms with Crippen molar-refractivity contribution in [1.29, 1.82) is 0 Å². The highest BCUT2D eigenvalue weighted by Crippen LogP contribution is 2.33. The molecule has 1 aliphatic heterocycles. The van der Waals surface area contributed by atoms with E-state index in [-0.39, 0.29) is 18.2 Å². The molecule has 0 aromatic heterocycles. The van der Waals surface area contributed by atoms with Crippen LogP contribution in [0.15, 0.2) is 18.2 Å². The molecule has 6 heteroatoms.